The van der Waals surface area contributed by atoms with Crippen molar-refractivity contribution in [3.05, 3.63) is 29.3 Å². The van der Waals surface area contributed by atoms with Crippen LogP contribution < -0.4 is 10.2 Å². The molecule has 26 heavy (non-hydrogen) atoms. The Morgan fingerprint density at radius 2 is 2.00 bits per heavy atom. The highest BCUT2D eigenvalue weighted by atomic mass is 19.4. The molecule has 1 aliphatic rings. The third-order valence-corrected chi connectivity index (χ3v) is 3.65. The summed E-state index contributed by atoms with van der Waals surface area (Å²) in [4.78, 5) is 35.4. The van der Waals surface area contributed by atoms with E-state index in [-0.39, 0.29) is 36.7 Å². The highest BCUT2D eigenvalue weighted by molar-refractivity contribution is 5.99. The number of aliphatic carboxylic acids is 1. The molecule has 1 heterocycles. The second-order valence-electron chi connectivity index (χ2n) is 5.62. The Bertz CT molecular complexity index is 706. The van der Waals surface area contributed by atoms with Crippen molar-refractivity contribution in [2.45, 2.75) is 19.0 Å². The number of carbonyl (C=O) groups is 3. The van der Waals surface area contributed by atoms with Crippen molar-refractivity contribution in [2.24, 2.45) is 0 Å². The first-order valence-electron chi connectivity index (χ1n) is 7.79. The van der Waals surface area contributed by atoms with Gasteiger partial charge in [-0.25, -0.2) is 4.79 Å². The van der Waals surface area contributed by atoms with E-state index >= 15 is 0 Å². The molecule has 0 aromatic heterocycles. The monoisotopic (exact) mass is 374 g/mol. The summed E-state index contributed by atoms with van der Waals surface area (Å²) in [6.07, 6.45) is -3.88. The number of nitrogens with one attached hydrogen (secondary N) is 1. The van der Waals surface area contributed by atoms with E-state index in [9.17, 15) is 27.6 Å². The molecule has 2 rings (SSSR count). The molecule has 0 atom stereocenters. The molecule has 142 valence electrons. The molecular weight excluding hydrogens is 357 g/mol. The summed E-state index contributed by atoms with van der Waals surface area (Å²) in [6.45, 7) is -0.417. The van der Waals surface area contributed by atoms with E-state index < -0.39 is 30.2 Å². The second kappa shape index (κ2) is 8.17. The highest BCUT2D eigenvalue weighted by Gasteiger charge is 2.33. The zero-order valence-electron chi connectivity index (χ0n) is 13.6. The second-order valence-corrected chi connectivity index (χ2v) is 5.62. The maximum absolute atomic E-state index is 13.1. The number of nitrogens with zero attached hydrogens (tertiary/aromatic N) is 1. The lowest BCUT2D eigenvalue weighted by Crippen LogP contribution is -2.29. The number of alkyl halides is 3. The van der Waals surface area contributed by atoms with Crippen LogP contribution in [0.1, 0.15) is 28.8 Å². The zero-order valence-corrected chi connectivity index (χ0v) is 13.6. The average molecular weight is 374 g/mol. The summed E-state index contributed by atoms with van der Waals surface area (Å²) in [5, 5.41) is 10.8. The Hall–Kier alpha value is -2.62. The minimum Gasteiger partial charge on any atom is -0.480 e. The molecule has 0 unspecified atom stereocenters. The molecule has 1 fully saturated rings. The van der Waals surface area contributed by atoms with Crippen molar-refractivity contribution in [3.63, 3.8) is 0 Å². The fourth-order valence-electron chi connectivity index (χ4n) is 2.48. The van der Waals surface area contributed by atoms with Crippen molar-refractivity contribution in [1.82, 2.24) is 5.32 Å². The van der Waals surface area contributed by atoms with Gasteiger partial charge in [0.25, 0.3) is 5.91 Å². The third-order valence-electron chi connectivity index (χ3n) is 3.65. The van der Waals surface area contributed by atoms with E-state index in [1.807, 2.05) is 0 Å². The summed E-state index contributed by atoms with van der Waals surface area (Å²) in [6, 6.07) is 2.78. The molecule has 1 aliphatic heterocycles. The average Bonchev–Trinajstić information content (AvgIpc) is 2.99. The molecule has 0 radical (unpaired) electrons. The van der Waals surface area contributed by atoms with Gasteiger partial charge in [-0.2, -0.15) is 13.2 Å². The van der Waals surface area contributed by atoms with E-state index in [2.05, 4.69) is 5.32 Å². The first kappa shape index (κ1) is 19.7. The van der Waals surface area contributed by atoms with Crippen LogP contribution in [-0.4, -0.2) is 49.2 Å². The van der Waals surface area contributed by atoms with Gasteiger partial charge in [0.05, 0.1) is 12.2 Å². The summed E-state index contributed by atoms with van der Waals surface area (Å²) in [7, 11) is 0. The molecule has 10 heteroatoms. The molecule has 7 nitrogen and oxygen atoms in total. The normalized spacial score (nSPS) is 14.6. The predicted molar refractivity (Wildman–Crippen MR) is 83.8 cm³/mol. The van der Waals surface area contributed by atoms with Crippen LogP contribution in [0, 0.1) is 0 Å². The van der Waals surface area contributed by atoms with Crippen molar-refractivity contribution >= 4 is 23.5 Å². The Balaban J connectivity index is 2.14. The third kappa shape index (κ3) is 5.19. The predicted octanol–water partition coefficient (Wildman–Crippen LogP) is 1.66. The number of carboxylic acid groups (broad SMARTS) is 1. The van der Waals surface area contributed by atoms with Gasteiger partial charge < -0.3 is 20.1 Å². The summed E-state index contributed by atoms with van der Waals surface area (Å²) in [5.41, 5.74) is -1.25. The van der Waals surface area contributed by atoms with Gasteiger partial charge in [0.1, 0.15) is 6.61 Å². The van der Waals surface area contributed by atoms with Crippen LogP contribution in [0.15, 0.2) is 18.2 Å². The molecular formula is C16H17F3N2O5. The van der Waals surface area contributed by atoms with Gasteiger partial charge >= 0.3 is 12.1 Å². The maximum Gasteiger partial charge on any atom is 0.416 e. The lowest BCUT2D eigenvalue weighted by Gasteiger charge is -2.19. The Kier molecular flexibility index (Phi) is 6.19. The molecule has 0 saturated carbocycles. The first-order chi connectivity index (χ1) is 12.2. The van der Waals surface area contributed by atoms with Gasteiger partial charge in [-0.05, 0) is 24.6 Å². The fraction of sp³-hybridized carbons (Fsp3) is 0.438. The quantitative estimate of drug-likeness (QED) is 0.708. The summed E-state index contributed by atoms with van der Waals surface area (Å²) in [5.74, 6) is -2.24. The summed E-state index contributed by atoms with van der Waals surface area (Å²) >= 11 is 0. The van der Waals surface area contributed by atoms with Crippen molar-refractivity contribution in [3.8, 4) is 0 Å². The first-order valence-corrected chi connectivity index (χ1v) is 7.79. The van der Waals surface area contributed by atoms with Crippen molar-refractivity contribution in [1.29, 1.82) is 0 Å². The van der Waals surface area contributed by atoms with E-state index in [0.717, 1.165) is 6.07 Å². The lowest BCUT2D eigenvalue weighted by molar-refractivity contribution is -0.142. The lowest BCUT2D eigenvalue weighted by atomic mass is 10.1. The number of benzene rings is 1. The maximum atomic E-state index is 13.1. The molecule has 2 N–H and O–H groups in total. The molecule has 0 bridgehead atoms. The van der Waals surface area contributed by atoms with Gasteiger partial charge in [-0.3, -0.25) is 9.59 Å². The minimum absolute atomic E-state index is 0.0228. The SMILES string of the molecule is O=C(O)COCCNC(=O)c1cc(N2CCCC2=O)cc(C(F)(F)F)c1. The number of hydrogen-bond donors (Lipinski definition) is 2. The van der Waals surface area contributed by atoms with Crippen LogP contribution in [0.25, 0.3) is 0 Å². The summed E-state index contributed by atoms with van der Waals surface area (Å²) < 4.78 is 44.1. The van der Waals surface area contributed by atoms with Crippen LogP contribution >= 0.6 is 0 Å². The van der Waals surface area contributed by atoms with Crippen LogP contribution in [0.3, 0.4) is 0 Å². The zero-order chi connectivity index (χ0) is 19.3. The number of anilines is 1. The number of carbonyl (C=O) groups excluding carboxylic acids is 2. The molecule has 1 aromatic carbocycles. The number of carboxylic acids is 1. The van der Waals surface area contributed by atoms with Crippen LogP contribution in [-0.2, 0) is 20.5 Å². The Labute approximate surface area is 146 Å². The van der Waals surface area contributed by atoms with Gasteiger partial charge in [0.2, 0.25) is 5.91 Å². The van der Waals surface area contributed by atoms with E-state index in [1.165, 1.54) is 11.0 Å². The fourth-order valence-corrected chi connectivity index (χ4v) is 2.48. The van der Waals surface area contributed by atoms with Crippen molar-refractivity contribution in [2.75, 3.05) is 31.2 Å². The van der Waals surface area contributed by atoms with Gasteiger partial charge in [0.15, 0.2) is 0 Å². The van der Waals surface area contributed by atoms with E-state index in [4.69, 9.17) is 9.84 Å². The van der Waals surface area contributed by atoms with Gasteiger partial charge in [-0.15, -0.1) is 0 Å². The Morgan fingerprint density at radius 3 is 2.58 bits per heavy atom. The molecule has 0 spiro atoms. The minimum atomic E-state index is -4.67. The Morgan fingerprint density at radius 1 is 1.27 bits per heavy atom. The number of amides is 2. The van der Waals surface area contributed by atoms with E-state index in [0.29, 0.717) is 19.0 Å². The van der Waals surface area contributed by atoms with Gasteiger partial charge in [-0.1, -0.05) is 0 Å². The molecule has 0 aliphatic carbocycles. The molecule has 1 saturated heterocycles. The molecule has 1 aromatic rings. The topological polar surface area (TPSA) is 95.9 Å². The number of halogens is 3. The van der Waals surface area contributed by atoms with Crippen molar-refractivity contribution < 1.29 is 37.4 Å². The smallest absolute Gasteiger partial charge is 0.416 e. The van der Waals surface area contributed by atoms with Crippen LogP contribution in [0.4, 0.5) is 18.9 Å². The number of rotatable bonds is 7. The van der Waals surface area contributed by atoms with Crippen LogP contribution in [0.2, 0.25) is 0 Å². The van der Waals surface area contributed by atoms with E-state index in [1.54, 1.807) is 0 Å². The molecule has 2 amide bonds. The van der Waals surface area contributed by atoms with Crippen LogP contribution in [0.5, 0.6) is 0 Å². The number of hydrogen-bond acceptors (Lipinski definition) is 4. The van der Waals surface area contributed by atoms with Gasteiger partial charge in [0, 0.05) is 30.8 Å². The standard InChI is InChI=1S/C16H17F3N2O5/c17-16(18,19)11-6-10(15(25)20-3-5-26-9-14(23)24)7-12(8-11)21-4-1-2-13(21)22/h6-8H,1-5,9H2,(H,20,25)(H,23,24). The number of ether oxygens (including phenoxy) is 1. The highest BCUT2D eigenvalue weighted by Crippen LogP contribution is 2.34. The largest absolute Gasteiger partial charge is 0.480 e.